The van der Waals surface area contributed by atoms with Crippen LogP contribution in [0.5, 0.6) is 0 Å². The summed E-state index contributed by atoms with van der Waals surface area (Å²) in [6.07, 6.45) is 5.30. The Morgan fingerprint density at radius 1 is 1.00 bits per heavy atom. The van der Waals surface area contributed by atoms with Crippen molar-refractivity contribution in [2.45, 2.75) is 37.0 Å². The van der Waals surface area contributed by atoms with Crippen molar-refractivity contribution < 1.29 is 13.0 Å². The van der Waals surface area contributed by atoms with Crippen LogP contribution in [0, 0.1) is 0 Å². The molecular formula is C12H17ClO3S. The van der Waals surface area contributed by atoms with Gasteiger partial charge in [0.25, 0.3) is 10.1 Å². The third-order valence-corrected chi connectivity index (χ3v) is 3.71. The summed E-state index contributed by atoms with van der Waals surface area (Å²) in [7, 11) is -4.07. The van der Waals surface area contributed by atoms with Crippen LogP contribution in [0.15, 0.2) is 29.2 Å². The van der Waals surface area contributed by atoms with Gasteiger partial charge in [0.1, 0.15) is 0 Å². The molecular weight excluding hydrogens is 260 g/mol. The first-order chi connectivity index (χ1) is 8.04. The van der Waals surface area contributed by atoms with Crippen LogP contribution in [-0.4, -0.2) is 18.9 Å². The van der Waals surface area contributed by atoms with E-state index >= 15 is 0 Å². The molecule has 0 fully saturated rings. The van der Waals surface area contributed by atoms with Crippen LogP contribution in [0.2, 0.25) is 0 Å². The summed E-state index contributed by atoms with van der Waals surface area (Å²) >= 11 is 5.58. The molecule has 0 aliphatic carbocycles. The standard InChI is InChI=1S/C12H17ClO3S/c13-10-4-2-1-3-5-11-6-8-12(9-7-11)17(14,15)16/h6-9H,1-5,10H2,(H,14,15,16). The summed E-state index contributed by atoms with van der Waals surface area (Å²) in [6.45, 7) is 0. The van der Waals surface area contributed by atoms with Gasteiger partial charge in [-0.1, -0.05) is 25.0 Å². The van der Waals surface area contributed by atoms with E-state index in [2.05, 4.69) is 0 Å². The maximum atomic E-state index is 10.8. The van der Waals surface area contributed by atoms with Gasteiger partial charge >= 0.3 is 0 Å². The van der Waals surface area contributed by atoms with Gasteiger partial charge in [-0.25, -0.2) is 0 Å². The highest BCUT2D eigenvalue weighted by Crippen LogP contribution is 2.13. The van der Waals surface area contributed by atoms with E-state index in [4.69, 9.17) is 16.2 Å². The molecule has 5 heteroatoms. The second kappa shape index (κ2) is 6.99. The molecule has 0 saturated carbocycles. The van der Waals surface area contributed by atoms with Crippen molar-refractivity contribution in [2.75, 3.05) is 5.88 Å². The third-order valence-electron chi connectivity index (χ3n) is 2.57. The van der Waals surface area contributed by atoms with Crippen LogP contribution < -0.4 is 0 Å². The zero-order valence-electron chi connectivity index (χ0n) is 9.60. The monoisotopic (exact) mass is 276 g/mol. The smallest absolute Gasteiger partial charge is 0.282 e. The third kappa shape index (κ3) is 5.52. The average molecular weight is 277 g/mol. The van der Waals surface area contributed by atoms with Crippen molar-refractivity contribution in [1.82, 2.24) is 0 Å². The van der Waals surface area contributed by atoms with E-state index in [0.29, 0.717) is 5.88 Å². The van der Waals surface area contributed by atoms with Gasteiger partial charge in [0.2, 0.25) is 0 Å². The first-order valence-electron chi connectivity index (χ1n) is 5.66. The number of aryl methyl sites for hydroxylation is 1. The molecule has 0 bridgehead atoms. The molecule has 96 valence electrons. The molecule has 0 aliphatic rings. The lowest BCUT2D eigenvalue weighted by molar-refractivity contribution is 0.483. The van der Waals surface area contributed by atoms with E-state index in [1.807, 2.05) is 0 Å². The zero-order valence-corrected chi connectivity index (χ0v) is 11.2. The maximum Gasteiger partial charge on any atom is 0.294 e. The fourth-order valence-corrected chi connectivity index (χ4v) is 2.27. The topological polar surface area (TPSA) is 54.4 Å². The van der Waals surface area contributed by atoms with Gasteiger partial charge in [0.15, 0.2) is 0 Å². The molecule has 3 nitrogen and oxygen atoms in total. The molecule has 1 N–H and O–H groups in total. The summed E-state index contributed by atoms with van der Waals surface area (Å²) in [6, 6.07) is 6.35. The van der Waals surface area contributed by atoms with Crippen molar-refractivity contribution in [3.63, 3.8) is 0 Å². The fourth-order valence-electron chi connectivity index (χ4n) is 1.61. The van der Waals surface area contributed by atoms with E-state index < -0.39 is 10.1 Å². The van der Waals surface area contributed by atoms with Crippen LogP contribution in [0.4, 0.5) is 0 Å². The summed E-state index contributed by atoms with van der Waals surface area (Å²) in [5.74, 6) is 0.711. The Balaban J connectivity index is 2.41. The van der Waals surface area contributed by atoms with Crippen molar-refractivity contribution in [2.24, 2.45) is 0 Å². The van der Waals surface area contributed by atoms with E-state index in [9.17, 15) is 8.42 Å². The first kappa shape index (κ1) is 14.5. The van der Waals surface area contributed by atoms with Gasteiger partial charge in [-0.05, 0) is 37.0 Å². The molecule has 1 aromatic carbocycles. The largest absolute Gasteiger partial charge is 0.294 e. The predicted octanol–water partition coefficient (Wildman–Crippen LogP) is 3.28. The number of halogens is 1. The molecule has 0 unspecified atom stereocenters. The Morgan fingerprint density at radius 2 is 1.59 bits per heavy atom. The Kier molecular flexibility index (Phi) is 5.95. The summed E-state index contributed by atoms with van der Waals surface area (Å²) in [5.41, 5.74) is 1.09. The average Bonchev–Trinajstić information content (AvgIpc) is 2.28. The van der Waals surface area contributed by atoms with Gasteiger partial charge < -0.3 is 0 Å². The molecule has 0 amide bonds. The molecule has 1 rings (SSSR count). The van der Waals surface area contributed by atoms with Crippen molar-refractivity contribution in [3.8, 4) is 0 Å². The molecule has 0 aromatic heterocycles. The van der Waals surface area contributed by atoms with Crippen molar-refractivity contribution in [3.05, 3.63) is 29.8 Å². The zero-order chi connectivity index (χ0) is 12.7. The second-order valence-corrected chi connectivity index (χ2v) is 5.77. The fraction of sp³-hybridized carbons (Fsp3) is 0.500. The molecule has 0 radical (unpaired) electrons. The van der Waals surface area contributed by atoms with Crippen LogP contribution in [-0.2, 0) is 16.5 Å². The van der Waals surface area contributed by atoms with Crippen molar-refractivity contribution >= 4 is 21.7 Å². The van der Waals surface area contributed by atoms with Gasteiger partial charge in [0, 0.05) is 5.88 Å². The van der Waals surface area contributed by atoms with E-state index in [0.717, 1.165) is 37.7 Å². The molecule has 0 aliphatic heterocycles. The van der Waals surface area contributed by atoms with E-state index in [1.54, 1.807) is 12.1 Å². The van der Waals surface area contributed by atoms with Crippen LogP contribution in [0.25, 0.3) is 0 Å². The molecule has 0 atom stereocenters. The number of benzene rings is 1. The van der Waals surface area contributed by atoms with Crippen LogP contribution in [0.1, 0.15) is 31.2 Å². The number of alkyl halides is 1. The number of rotatable bonds is 7. The van der Waals surface area contributed by atoms with Crippen molar-refractivity contribution in [1.29, 1.82) is 0 Å². The molecule has 0 saturated heterocycles. The molecule has 1 aromatic rings. The number of hydrogen-bond donors (Lipinski definition) is 1. The SMILES string of the molecule is O=S(=O)(O)c1ccc(CCCCCCCl)cc1. The normalized spacial score (nSPS) is 11.6. The highest BCUT2D eigenvalue weighted by atomic mass is 35.5. The first-order valence-corrected chi connectivity index (χ1v) is 7.64. The lowest BCUT2D eigenvalue weighted by atomic mass is 10.1. The summed E-state index contributed by atoms with van der Waals surface area (Å²) in [4.78, 5) is -0.0524. The van der Waals surface area contributed by atoms with E-state index in [-0.39, 0.29) is 4.90 Å². The number of unbranched alkanes of at least 4 members (excludes halogenated alkanes) is 3. The lowest BCUT2D eigenvalue weighted by Gasteiger charge is -2.02. The van der Waals surface area contributed by atoms with E-state index in [1.165, 1.54) is 12.1 Å². The van der Waals surface area contributed by atoms with Gasteiger partial charge in [0.05, 0.1) is 4.90 Å². The Hall–Kier alpha value is -0.580. The van der Waals surface area contributed by atoms with Crippen LogP contribution >= 0.6 is 11.6 Å². The quantitative estimate of drug-likeness (QED) is 0.472. The minimum Gasteiger partial charge on any atom is -0.282 e. The number of hydrogen-bond acceptors (Lipinski definition) is 2. The minimum atomic E-state index is -4.07. The molecule has 17 heavy (non-hydrogen) atoms. The lowest BCUT2D eigenvalue weighted by Crippen LogP contribution is -1.98. The van der Waals surface area contributed by atoms with Crippen LogP contribution in [0.3, 0.4) is 0 Å². The van der Waals surface area contributed by atoms with Gasteiger partial charge in [-0.15, -0.1) is 11.6 Å². The Bertz CT molecular complexity index is 426. The summed E-state index contributed by atoms with van der Waals surface area (Å²) < 4.78 is 30.5. The highest BCUT2D eigenvalue weighted by Gasteiger charge is 2.07. The minimum absolute atomic E-state index is 0.0524. The Labute approximate surface area is 108 Å². The van der Waals surface area contributed by atoms with Gasteiger partial charge in [-0.3, -0.25) is 4.55 Å². The molecule has 0 spiro atoms. The summed E-state index contributed by atoms with van der Waals surface area (Å²) in [5, 5.41) is 0. The van der Waals surface area contributed by atoms with Gasteiger partial charge in [-0.2, -0.15) is 8.42 Å². The maximum absolute atomic E-state index is 10.8. The highest BCUT2D eigenvalue weighted by molar-refractivity contribution is 7.85. The Morgan fingerprint density at radius 3 is 2.12 bits per heavy atom. The predicted molar refractivity (Wildman–Crippen MR) is 69.1 cm³/mol. The molecule has 0 heterocycles. The second-order valence-electron chi connectivity index (χ2n) is 3.97.